The average molecular weight is 339 g/mol. The molecule has 0 saturated heterocycles. The monoisotopic (exact) mass is 338 g/mol. The lowest BCUT2D eigenvalue weighted by molar-refractivity contribution is 0.282. The highest BCUT2D eigenvalue weighted by atomic mass is 35.5. The van der Waals surface area contributed by atoms with Crippen LogP contribution in [0.2, 0.25) is 5.02 Å². The summed E-state index contributed by atoms with van der Waals surface area (Å²) in [6.45, 7) is 4.55. The molecule has 2 N–H and O–H groups in total. The van der Waals surface area contributed by atoms with Gasteiger partial charge in [-0.1, -0.05) is 31.5 Å². The minimum Gasteiger partial charge on any atom is -0.323 e. The summed E-state index contributed by atoms with van der Waals surface area (Å²) in [5, 5.41) is 1.94. The minimum absolute atomic E-state index is 0.145. The molecule has 1 aromatic carbocycles. The maximum Gasteiger partial charge on any atom is 0.103 e. The number of aromatic nitrogens is 1. The van der Waals surface area contributed by atoms with E-state index in [1.54, 1.807) is 23.1 Å². The van der Waals surface area contributed by atoms with Gasteiger partial charge in [0, 0.05) is 20.8 Å². The van der Waals surface area contributed by atoms with E-state index >= 15 is 0 Å². The lowest BCUT2D eigenvalue weighted by Gasteiger charge is -2.32. The third-order valence-corrected chi connectivity index (χ3v) is 6.34. The maximum atomic E-state index is 6.31. The second-order valence-corrected chi connectivity index (χ2v) is 8.92. The highest BCUT2D eigenvalue weighted by molar-refractivity contribution is 7.98. The molecule has 3 rings (SSSR count). The number of hydrogen-bond donors (Lipinski definition) is 1. The molecule has 2 aromatic rings. The SMILES string of the molecule is CC1(C)Cc2nc(CSc3cccc(Cl)c3)sc2C(N)C1. The Morgan fingerprint density at radius 3 is 3.05 bits per heavy atom. The lowest BCUT2D eigenvalue weighted by Crippen LogP contribution is -2.28. The second-order valence-electron chi connectivity index (χ2n) is 6.32. The van der Waals surface area contributed by atoms with Crippen LogP contribution in [0.25, 0.3) is 0 Å². The molecular formula is C16H19ClN2S2. The molecule has 1 unspecified atom stereocenters. The normalized spacial score (nSPS) is 20.3. The molecule has 0 aliphatic heterocycles. The van der Waals surface area contributed by atoms with Crippen LogP contribution in [0.3, 0.4) is 0 Å². The molecule has 112 valence electrons. The topological polar surface area (TPSA) is 38.9 Å². The van der Waals surface area contributed by atoms with E-state index in [-0.39, 0.29) is 11.5 Å². The van der Waals surface area contributed by atoms with Crippen molar-refractivity contribution in [3.8, 4) is 0 Å². The highest BCUT2D eigenvalue weighted by Crippen LogP contribution is 2.42. The number of hydrogen-bond acceptors (Lipinski definition) is 4. The number of rotatable bonds is 3. The van der Waals surface area contributed by atoms with E-state index in [9.17, 15) is 0 Å². The Balaban J connectivity index is 1.73. The van der Waals surface area contributed by atoms with Gasteiger partial charge in [0.25, 0.3) is 0 Å². The molecule has 1 aliphatic carbocycles. The molecule has 0 saturated carbocycles. The van der Waals surface area contributed by atoms with E-state index < -0.39 is 0 Å². The first-order chi connectivity index (χ1) is 9.93. The number of thiazole rings is 1. The first-order valence-electron chi connectivity index (χ1n) is 7.05. The van der Waals surface area contributed by atoms with Gasteiger partial charge in [-0.2, -0.15) is 0 Å². The van der Waals surface area contributed by atoms with E-state index in [4.69, 9.17) is 22.3 Å². The molecule has 1 aromatic heterocycles. The molecule has 1 heterocycles. The molecule has 0 amide bonds. The quantitative estimate of drug-likeness (QED) is 0.795. The molecular weight excluding hydrogens is 320 g/mol. The zero-order valence-corrected chi connectivity index (χ0v) is 14.6. The van der Waals surface area contributed by atoms with Gasteiger partial charge in [0.15, 0.2) is 0 Å². The van der Waals surface area contributed by atoms with Crippen LogP contribution in [0, 0.1) is 5.41 Å². The molecule has 5 heteroatoms. The van der Waals surface area contributed by atoms with Crippen molar-refractivity contribution < 1.29 is 0 Å². The maximum absolute atomic E-state index is 6.31. The van der Waals surface area contributed by atoms with E-state index in [1.165, 1.54) is 15.5 Å². The first-order valence-corrected chi connectivity index (χ1v) is 9.23. The summed E-state index contributed by atoms with van der Waals surface area (Å²) in [4.78, 5) is 7.29. The molecule has 21 heavy (non-hydrogen) atoms. The van der Waals surface area contributed by atoms with Gasteiger partial charge in [0.1, 0.15) is 5.01 Å². The van der Waals surface area contributed by atoms with E-state index in [0.29, 0.717) is 0 Å². The van der Waals surface area contributed by atoms with Crippen molar-refractivity contribution in [3.63, 3.8) is 0 Å². The molecule has 0 radical (unpaired) electrons. The Kier molecular flexibility index (Phi) is 4.33. The predicted octanol–water partition coefficient (Wildman–Crippen LogP) is 5.06. The van der Waals surface area contributed by atoms with Crippen molar-refractivity contribution in [1.29, 1.82) is 0 Å². The number of benzene rings is 1. The van der Waals surface area contributed by atoms with Crippen molar-refractivity contribution >= 4 is 34.7 Å². The number of nitrogens with zero attached hydrogens (tertiary/aromatic N) is 1. The Morgan fingerprint density at radius 2 is 2.29 bits per heavy atom. The van der Waals surface area contributed by atoms with Crippen molar-refractivity contribution in [2.24, 2.45) is 11.1 Å². The minimum atomic E-state index is 0.145. The third-order valence-electron chi connectivity index (χ3n) is 3.69. The molecule has 1 aliphatic rings. The zero-order chi connectivity index (χ0) is 15.0. The van der Waals surface area contributed by atoms with Gasteiger partial charge < -0.3 is 5.73 Å². The van der Waals surface area contributed by atoms with Crippen LogP contribution in [-0.4, -0.2) is 4.98 Å². The smallest absolute Gasteiger partial charge is 0.103 e. The molecule has 2 nitrogen and oxygen atoms in total. The fourth-order valence-electron chi connectivity index (χ4n) is 2.81. The summed E-state index contributed by atoms with van der Waals surface area (Å²) in [5.74, 6) is 0.880. The Hall–Kier alpha value is -0.550. The fraction of sp³-hybridized carbons (Fsp3) is 0.438. The van der Waals surface area contributed by atoms with Crippen LogP contribution in [0.15, 0.2) is 29.2 Å². The largest absolute Gasteiger partial charge is 0.323 e. The first kappa shape index (κ1) is 15.3. The zero-order valence-electron chi connectivity index (χ0n) is 12.2. The van der Waals surface area contributed by atoms with Gasteiger partial charge in [-0.25, -0.2) is 4.98 Å². The van der Waals surface area contributed by atoms with Crippen LogP contribution < -0.4 is 5.73 Å². The van der Waals surface area contributed by atoms with Crippen molar-refractivity contribution in [2.45, 2.75) is 43.4 Å². The van der Waals surface area contributed by atoms with Crippen LogP contribution in [-0.2, 0) is 12.2 Å². The third kappa shape index (κ3) is 3.62. The van der Waals surface area contributed by atoms with Crippen LogP contribution >= 0.6 is 34.7 Å². The summed E-state index contributed by atoms with van der Waals surface area (Å²) < 4.78 is 0. The lowest BCUT2D eigenvalue weighted by atomic mass is 9.77. The number of fused-ring (bicyclic) bond motifs is 1. The van der Waals surface area contributed by atoms with Gasteiger partial charge in [-0.05, 0) is 36.5 Å². The van der Waals surface area contributed by atoms with Crippen LogP contribution in [0.5, 0.6) is 0 Å². The molecule has 0 fully saturated rings. The van der Waals surface area contributed by atoms with Gasteiger partial charge in [0.2, 0.25) is 0 Å². The van der Waals surface area contributed by atoms with Gasteiger partial charge >= 0.3 is 0 Å². The molecule has 0 bridgehead atoms. The number of halogens is 1. The van der Waals surface area contributed by atoms with Gasteiger partial charge in [-0.15, -0.1) is 23.1 Å². The molecule has 0 spiro atoms. The number of nitrogens with two attached hydrogens (primary N) is 1. The second kappa shape index (κ2) is 5.92. The summed E-state index contributed by atoms with van der Waals surface area (Å²) >= 11 is 9.57. The summed E-state index contributed by atoms with van der Waals surface area (Å²) in [6, 6.07) is 8.10. The van der Waals surface area contributed by atoms with Crippen molar-refractivity contribution in [3.05, 3.63) is 44.9 Å². The standard InChI is InChI=1S/C16H19ClN2S2/c1-16(2)7-12(18)15-13(8-16)19-14(21-15)9-20-11-5-3-4-10(17)6-11/h3-6,12H,7-9,18H2,1-2H3. The fourth-order valence-corrected chi connectivity index (χ4v) is 5.09. The number of thioether (sulfide) groups is 1. The average Bonchev–Trinajstić information content (AvgIpc) is 2.78. The van der Waals surface area contributed by atoms with E-state index in [2.05, 4.69) is 19.9 Å². The Bertz CT molecular complexity index is 651. The van der Waals surface area contributed by atoms with Gasteiger partial charge in [-0.3, -0.25) is 0 Å². The summed E-state index contributed by atoms with van der Waals surface area (Å²) in [7, 11) is 0. The van der Waals surface area contributed by atoms with Crippen LogP contribution in [0.1, 0.15) is 41.9 Å². The molecule has 1 atom stereocenters. The van der Waals surface area contributed by atoms with Crippen molar-refractivity contribution in [2.75, 3.05) is 0 Å². The van der Waals surface area contributed by atoms with E-state index in [1.807, 2.05) is 18.2 Å². The highest BCUT2D eigenvalue weighted by Gasteiger charge is 2.33. The Labute approximate surface area is 139 Å². The van der Waals surface area contributed by atoms with Crippen molar-refractivity contribution in [1.82, 2.24) is 4.98 Å². The summed E-state index contributed by atoms with van der Waals surface area (Å²) in [6.07, 6.45) is 2.08. The van der Waals surface area contributed by atoms with E-state index in [0.717, 1.165) is 28.6 Å². The predicted molar refractivity (Wildman–Crippen MR) is 92.2 cm³/mol. The van der Waals surface area contributed by atoms with Gasteiger partial charge in [0.05, 0.1) is 11.4 Å². The van der Waals surface area contributed by atoms with Crippen LogP contribution in [0.4, 0.5) is 0 Å². The summed E-state index contributed by atoms with van der Waals surface area (Å²) in [5.41, 5.74) is 7.78. The Morgan fingerprint density at radius 1 is 1.48 bits per heavy atom.